The first-order valence-corrected chi connectivity index (χ1v) is 8.20. The van der Waals surface area contributed by atoms with Gasteiger partial charge in [0.05, 0.1) is 26.6 Å². The molecule has 4 N–H and O–H groups in total. The first-order valence-electron chi connectivity index (χ1n) is 7.05. The maximum Gasteiger partial charge on any atom is 0.306 e. The smallest absolute Gasteiger partial charge is 0.306 e. The van der Waals surface area contributed by atoms with Crippen molar-refractivity contribution in [2.24, 2.45) is 5.73 Å². The number of rotatable bonds is 9. The van der Waals surface area contributed by atoms with Crippen molar-refractivity contribution < 1.29 is 19.1 Å². The van der Waals surface area contributed by atoms with Crippen LogP contribution < -0.4 is 16.4 Å². The van der Waals surface area contributed by atoms with E-state index in [4.69, 9.17) is 5.73 Å². The van der Waals surface area contributed by atoms with E-state index in [1.165, 1.54) is 7.11 Å². The summed E-state index contributed by atoms with van der Waals surface area (Å²) in [4.78, 5) is 33.7. The topological polar surface area (TPSA) is 111 Å². The highest BCUT2D eigenvalue weighted by Crippen LogP contribution is 2.17. The van der Waals surface area contributed by atoms with Crippen LogP contribution in [0.25, 0.3) is 0 Å². The van der Waals surface area contributed by atoms with Gasteiger partial charge in [-0.1, -0.05) is 12.1 Å². The molecule has 0 saturated carbocycles. The molecule has 2 amide bonds. The number of methoxy groups -OCH3 is 1. The number of nitrogens with one attached hydrogen (secondary N) is 2. The van der Waals surface area contributed by atoms with Crippen LogP contribution in [0.5, 0.6) is 0 Å². The monoisotopic (exact) mass is 375 g/mol. The number of ether oxygens (including phenoxy) is 1. The average Bonchev–Trinajstić information content (AvgIpc) is 2.56. The van der Waals surface area contributed by atoms with Gasteiger partial charge in [-0.3, -0.25) is 14.4 Å². The summed E-state index contributed by atoms with van der Waals surface area (Å²) in [7, 11) is 1.37. The molecule has 0 aromatic heterocycles. The molecule has 0 aliphatic heterocycles. The quantitative estimate of drug-likeness (QED) is 0.437. The molecule has 24 heavy (non-hydrogen) atoms. The Balaban J connectivity index is 0.00000529. The lowest BCUT2D eigenvalue weighted by atomic mass is 10.2. The molecule has 0 bridgehead atoms. The van der Waals surface area contributed by atoms with Crippen molar-refractivity contribution in [3.8, 4) is 0 Å². The highest BCUT2D eigenvalue weighted by Gasteiger charge is 2.05. The van der Waals surface area contributed by atoms with E-state index in [1.807, 2.05) is 18.2 Å². The van der Waals surface area contributed by atoms with Crippen LogP contribution in [0.3, 0.4) is 0 Å². The Morgan fingerprint density at radius 2 is 2.00 bits per heavy atom. The molecule has 0 saturated heterocycles. The highest BCUT2D eigenvalue weighted by molar-refractivity contribution is 7.98. The van der Waals surface area contributed by atoms with Crippen LogP contribution >= 0.6 is 24.2 Å². The van der Waals surface area contributed by atoms with Crippen molar-refractivity contribution in [2.45, 2.75) is 12.2 Å². The molecule has 9 heteroatoms. The summed E-state index contributed by atoms with van der Waals surface area (Å²) in [5.74, 6) is 0.482. The van der Waals surface area contributed by atoms with Crippen molar-refractivity contribution in [3.05, 3.63) is 29.8 Å². The molecule has 1 aromatic carbocycles. The molecule has 1 aromatic rings. The van der Waals surface area contributed by atoms with Gasteiger partial charge in [-0.05, 0) is 17.7 Å². The van der Waals surface area contributed by atoms with Gasteiger partial charge in [0.1, 0.15) is 0 Å². The van der Waals surface area contributed by atoms with Gasteiger partial charge in [0, 0.05) is 17.2 Å². The standard InChI is InChI=1S/C15H21N3O4S.ClH/c1-22-15(21)5-6-23-10-11-3-2-4-12(7-11)18-14(20)9-17-13(19)8-16;/h2-4,7H,5-6,8-10,16H2,1H3,(H,17,19)(H,18,20);1H. The fourth-order valence-electron chi connectivity index (χ4n) is 1.64. The van der Waals surface area contributed by atoms with E-state index in [2.05, 4.69) is 15.4 Å². The minimum atomic E-state index is -0.379. The summed E-state index contributed by atoms with van der Waals surface area (Å²) >= 11 is 1.61. The van der Waals surface area contributed by atoms with E-state index in [9.17, 15) is 14.4 Å². The van der Waals surface area contributed by atoms with E-state index in [0.717, 1.165) is 11.3 Å². The van der Waals surface area contributed by atoms with Crippen LogP contribution in [0, 0.1) is 0 Å². The molecule has 134 valence electrons. The molecular formula is C15H22ClN3O4S. The third-order valence-electron chi connectivity index (χ3n) is 2.79. The fraction of sp³-hybridized carbons (Fsp3) is 0.400. The fourth-order valence-corrected chi connectivity index (χ4v) is 2.51. The van der Waals surface area contributed by atoms with Gasteiger partial charge in [-0.15, -0.1) is 12.4 Å². The molecule has 0 unspecified atom stereocenters. The van der Waals surface area contributed by atoms with Gasteiger partial charge < -0.3 is 21.1 Å². The summed E-state index contributed by atoms with van der Waals surface area (Å²) in [5.41, 5.74) is 6.83. The lowest BCUT2D eigenvalue weighted by Crippen LogP contribution is -2.36. The number of hydrogen-bond acceptors (Lipinski definition) is 6. The second-order valence-corrected chi connectivity index (χ2v) is 5.71. The second kappa shape index (κ2) is 12.6. The van der Waals surface area contributed by atoms with Crippen molar-refractivity contribution in [1.82, 2.24) is 5.32 Å². The summed E-state index contributed by atoms with van der Waals surface area (Å²) in [6.07, 6.45) is 0.373. The van der Waals surface area contributed by atoms with Gasteiger partial charge in [0.25, 0.3) is 0 Å². The minimum Gasteiger partial charge on any atom is -0.469 e. The molecule has 0 spiro atoms. The number of carbonyl (C=O) groups is 3. The number of thioether (sulfide) groups is 1. The van der Waals surface area contributed by atoms with E-state index in [0.29, 0.717) is 17.9 Å². The first kappa shape index (κ1) is 22.2. The molecule has 7 nitrogen and oxygen atoms in total. The van der Waals surface area contributed by atoms with Crippen molar-refractivity contribution >= 4 is 47.6 Å². The molecule has 0 heterocycles. The lowest BCUT2D eigenvalue weighted by molar-refractivity contribution is -0.140. The van der Waals surface area contributed by atoms with Crippen molar-refractivity contribution in [3.63, 3.8) is 0 Å². The number of esters is 1. The summed E-state index contributed by atoms with van der Waals surface area (Å²) in [5, 5.41) is 5.10. The Bertz CT molecular complexity index is 557. The maximum atomic E-state index is 11.7. The van der Waals surface area contributed by atoms with Crippen LogP contribution in [0.1, 0.15) is 12.0 Å². The van der Waals surface area contributed by atoms with Crippen LogP contribution in [0.15, 0.2) is 24.3 Å². The number of amides is 2. The average molecular weight is 376 g/mol. The molecular weight excluding hydrogens is 354 g/mol. The van der Waals surface area contributed by atoms with Gasteiger partial charge in [0.2, 0.25) is 11.8 Å². The minimum absolute atomic E-state index is 0. The summed E-state index contributed by atoms with van der Waals surface area (Å²) in [6, 6.07) is 7.40. The molecule has 0 aliphatic rings. The largest absolute Gasteiger partial charge is 0.469 e. The Hall–Kier alpha value is -1.77. The number of anilines is 1. The van der Waals surface area contributed by atoms with E-state index in [-0.39, 0.29) is 43.3 Å². The Morgan fingerprint density at radius 1 is 1.25 bits per heavy atom. The third-order valence-corrected chi connectivity index (χ3v) is 3.82. The Morgan fingerprint density at radius 3 is 2.67 bits per heavy atom. The number of benzene rings is 1. The number of hydrogen-bond donors (Lipinski definition) is 3. The first-order chi connectivity index (χ1) is 11.0. The number of carbonyl (C=O) groups excluding carboxylic acids is 3. The summed E-state index contributed by atoms with van der Waals surface area (Å²) < 4.78 is 4.58. The normalized spacial score (nSPS) is 9.58. The van der Waals surface area contributed by atoms with Crippen LogP contribution in [0.2, 0.25) is 0 Å². The predicted molar refractivity (Wildman–Crippen MR) is 97.2 cm³/mol. The predicted octanol–water partition coefficient (Wildman–Crippen LogP) is 0.918. The van der Waals surface area contributed by atoms with Gasteiger partial charge >= 0.3 is 5.97 Å². The number of halogens is 1. The van der Waals surface area contributed by atoms with Crippen molar-refractivity contribution in [1.29, 1.82) is 0 Å². The van der Waals surface area contributed by atoms with Gasteiger partial charge in [0.15, 0.2) is 0 Å². The molecule has 0 fully saturated rings. The lowest BCUT2D eigenvalue weighted by Gasteiger charge is -2.08. The maximum absolute atomic E-state index is 11.7. The highest BCUT2D eigenvalue weighted by atomic mass is 35.5. The summed E-state index contributed by atoms with van der Waals surface area (Å²) in [6.45, 7) is -0.264. The third kappa shape index (κ3) is 9.39. The van der Waals surface area contributed by atoms with Gasteiger partial charge in [-0.2, -0.15) is 11.8 Å². The SMILES string of the molecule is COC(=O)CCSCc1cccc(NC(=O)CNC(=O)CN)c1.Cl. The Labute approximate surface area is 151 Å². The zero-order valence-electron chi connectivity index (χ0n) is 13.4. The molecule has 0 atom stereocenters. The van der Waals surface area contributed by atoms with Crippen molar-refractivity contribution in [2.75, 3.05) is 31.3 Å². The zero-order valence-corrected chi connectivity index (χ0v) is 15.0. The molecule has 1 rings (SSSR count). The number of nitrogens with two attached hydrogens (primary N) is 1. The van der Waals surface area contributed by atoms with E-state index in [1.54, 1.807) is 17.8 Å². The van der Waals surface area contributed by atoms with E-state index >= 15 is 0 Å². The van der Waals surface area contributed by atoms with Crippen LogP contribution in [0.4, 0.5) is 5.69 Å². The van der Waals surface area contributed by atoms with Gasteiger partial charge in [-0.25, -0.2) is 0 Å². The van der Waals surface area contributed by atoms with E-state index < -0.39 is 0 Å². The zero-order chi connectivity index (χ0) is 17.1. The Kier molecular flexibility index (Phi) is 11.7. The molecule has 0 radical (unpaired) electrons. The van der Waals surface area contributed by atoms with Crippen LogP contribution in [-0.2, 0) is 24.9 Å². The van der Waals surface area contributed by atoms with Crippen LogP contribution in [-0.4, -0.2) is 43.7 Å². The second-order valence-electron chi connectivity index (χ2n) is 4.61. The molecule has 0 aliphatic carbocycles.